The second-order valence-electron chi connectivity index (χ2n) is 5.20. The third kappa shape index (κ3) is 1.97. The van der Waals surface area contributed by atoms with Crippen LogP contribution in [0.3, 0.4) is 0 Å². The molecule has 1 aromatic carbocycles. The van der Waals surface area contributed by atoms with E-state index in [1.165, 1.54) is 5.56 Å². The molecule has 2 aliphatic heterocycles. The Morgan fingerprint density at radius 2 is 1.89 bits per heavy atom. The van der Waals surface area contributed by atoms with Crippen LogP contribution in [0, 0.1) is 0 Å². The molecule has 0 unspecified atom stereocenters. The quantitative estimate of drug-likeness (QED) is 0.825. The maximum absolute atomic E-state index is 12.0. The van der Waals surface area contributed by atoms with E-state index >= 15 is 0 Å². The minimum Gasteiger partial charge on any atom is -0.336 e. The lowest BCUT2D eigenvalue weighted by Gasteiger charge is -2.40. The van der Waals surface area contributed by atoms with Crippen molar-refractivity contribution in [3.05, 3.63) is 35.9 Å². The van der Waals surface area contributed by atoms with Gasteiger partial charge in [0.15, 0.2) is 0 Å². The maximum atomic E-state index is 12.0. The van der Waals surface area contributed by atoms with Crippen LogP contribution < -0.4 is 10.6 Å². The Morgan fingerprint density at radius 1 is 1.17 bits per heavy atom. The fraction of sp³-hybridized carbons (Fsp3) is 0.500. The molecule has 0 aromatic heterocycles. The minimum absolute atomic E-state index is 0.0260. The summed E-state index contributed by atoms with van der Waals surface area (Å²) in [4.78, 5) is 14.1. The highest BCUT2D eigenvalue weighted by molar-refractivity contribution is 5.78. The van der Waals surface area contributed by atoms with E-state index in [1.54, 1.807) is 0 Å². The predicted octanol–water partition coefficient (Wildman–Crippen LogP) is 1.33. The van der Waals surface area contributed by atoms with E-state index in [9.17, 15) is 4.79 Å². The van der Waals surface area contributed by atoms with Crippen LogP contribution >= 0.6 is 0 Å². The smallest absolute Gasteiger partial charge is 0.318 e. The van der Waals surface area contributed by atoms with Crippen molar-refractivity contribution in [3.8, 4) is 0 Å². The predicted molar refractivity (Wildman–Crippen MR) is 70.2 cm³/mol. The van der Waals surface area contributed by atoms with Crippen molar-refractivity contribution in [2.24, 2.45) is 0 Å². The zero-order valence-electron chi connectivity index (χ0n) is 10.5. The number of hydrogen-bond acceptors (Lipinski definition) is 2. The van der Waals surface area contributed by atoms with Crippen LogP contribution in [0.4, 0.5) is 4.79 Å². The van der Waals surface area contributed by atoms with E-state index in [4.69, 9.17) is 0 Å². The molecule has 2 fully saturated rings. The molecule has 0 bridgehead atoms. The Balaban J connectivity index is 1.81. The molecular weight excluding hydrogens is 226 g/mol. The Hall–Kier alpha value is -1.55. The van der Waals surface area contributed by atoms with E-state index in [0.29, 0.717) is 6.54 Å². The van der Waals surface area contributed by atoms with Gasteiger partial charge in [0.25, 0.3) is 0 Å². The van der Waals surface area contributed by atoms with Gasteiger partial charge in [-0.25, -0.2) is 4.79 Å². The molecule has 1 spiro atoms. The minimum atomic E-state index is 0.0260. The van der Waals surface area contributed by atoms with Gasteiger partial charge in [0.1, 0.15) is 0 Å². The molecule has 0 aliphatic carbocycles. The lowest BCUT2D eigenvalue weighted by molar-refractivity contribution is 0.120. The zero-order chi connectivity index (χ0) is 12.4. The summed E-state index contributed by atoms with van der Waals surface area (Å²) in [5, 5.41) is 6.38. The first-order chi connectivity index (χ1) is 8.80. The summed E-state index contributed by atoms with van der Waals surface area (Å²) < 4.78 is 0. The summed E-state index contributed by atoms with van der Waals surface area (Å²) in [5.74, 6) is 0. The van der Waals surface area contributed by atoms with Crippen LogP contribution in [-0.2, 0) is 6.54 Å². The molecule has 0 saturated carbocycles. The Morgan fingerprint density at radius 3 is 2.61 bits per heavy atom. The van der Waals surface area contributed by atoms with Gasteiger partial charge in [-0.15, -0.1) is 0 Å². The summed E-state index contributed by atoms with van der Waals surface area (Å²) in [5.41, 5.74) is 1.23. The molecule has 1 aromatic rings. The number of piperidine rings is 1. The molecule has 2 N–H and O–H groups in total. The van der Waals surface area contributed by atoms with Gasteiger partial charge in [-0.3, -0.25) is 0 Å². The van der Waals surface area contributed by atoms with Crippen molar-refractivity contribution < 1.29 is 4.79 Å². The average molecular weight is 245 g/mol. The van der Waals surface area contributed by atoms with E-state index < -0.39 is 0 Å². The normalized spacial score (nSPS) is 22.2. The summed E-state index contributed by atoms with van der Waals surface area (Å²) in [6, 6.07) is 10.3. The summed E-state index contributed by atoms with van der Waals surface area (Å²) in [6.45, 7) is 3.51. The third-order valence-electron chi connectivity index (χ3n) is 4.10. The second kappa shape index (κ2) is 4.61. The molecule has 2 saturated heterocycles. The van der Waals surface area contributed by atoms with Gasteiger partial charge in [-0.2, -0.15) is 0 Å². The van der Waals surface area contributed by atoms with Crippen molar-refractivity contribution in [2.75, 3.05) is 19.6 Å². The first-order valence-electron chi connectivity index (χ1n) is 6.60. The standard InChI is InChI=1S/C14H19N3O/c18-13-16-11-14(6-8-15-9-7-14)17(13)10-12-4-2-1-3-5-12/h1-5,15H,6-11H2,(H,16,18). The van der Waals surface area contributed by atoms with Crippen molar-refractivity contribution in [2.45, 2.75) is 24.9 Å². The molecule has 4 heteroatoms. The SMILES string of the molecule is O=C1NCC2(CCNCC2)N1Cc1ccccc1. The highest BCUT2D eigenvalue weighted by Crippen LogP contribution is 2.31. The second-order valence-corrected chi connectivity index (χ2v) is 5.20. The van der Waals surface area contributed by atoms with Crippen LogP contribution in [-0.4, -0.2) is 36.1 Å². The molecule has 2 aliphatic rings. The summed E-state index contributed by atoms with van der Waals surface area (Å²) >= 11 is 0. The van der Waals surface area contributed by atoms with Gasteiger partial charge < -0.3 is 15.5 Å². The highest BCUT2D eigenvalue weighted by atomic mass is 16.2. The van der Waals surface area contributed by atoms with Gasteiger partial charge in [-0.1, -0.05) is 30.3 Å². The number of carbonyl (C=O) groups excluding carboxylic acids is 1. The van der Waals surface area contributed by atoms with E-state index in [1.807, 2.05) is 23.1 Å². The number of carbonyl (C=O) groups is 1. The first-order valence-corrected chi connectivity index (χ1v) is 6.60. The first kappa shape index (κ1) is 11.5. The van der Waals surface area contributed by atoms with E-state index in [-0.39, 0.29) is 11.6 Å². The number of nitrogens with one attached hydrogen (secondary N) is 2. The molecule has 0 radical (unpaired) electrons. The number of amides is 2. The Kier molecular flexibility index (Phi) is 2.96. The largest absolute Gasteiger partial charge is 0.336 e. The van der Waals surface area contributed by atoms with Crippen LogP contribution in [0.2, 0.25) is 0 Å². The van der Waals surface area contributed by atoms with Crippen molar-refractivity contribution >= 4 is 6.03 Å². The average Bonchev–Trinajstić information content (AvgIpc) is 2.71. The molecule has 2 heterocycles. The Bertz CT molecular complexity index is 426. The number of hydrogen-bond donors (Lipinski definition) is 2. The number of rotatable bonds is 2. The van der Waals surface area contributed by atoms with Crippen molar-refractivity contribution in [1.82, 2.24) is 15.5 Å². The van der Waals surface area contributed by atoms with Crippen molar-refractivity contribution in [1.29, 1.82) is 0 Å². The Labute approximate surface area is 107 Å². The lowest BCUT2D eigenvalue weighted by Crippen LogP contribution is -2.53. The van der Waals surface area contributed by atoms with Crippen LogP contribution in [0.25, 0.3) is 0 Å². The topological polar surface area (TPSA) is 44.4 Å². The number of nitrogens with zero attached hydrogens (tertiary/aromatic N) is 1. The molecule has 4 nitrogen and oxygen atoms in total. The lowest BCUT2D eigenvalue weighted by atomic mass is 9.87. The molecule has 0 atom stereocenters. The monoisotopic (exact) mass is 245 g/mol. The molecule has 96 valence electrons. The summed E-state index contributed by atoms with van der Waals surface area (Å²) in [7, 11) is 0. The fourth-order valence-electron chi connectivity index (χ4n) is 2.99. The molecule has 18 heavy (non-hydrogen) atoms. The van der Waals surface area contributed by atoms with Gasteiger partial charge >= 0.3 is 6.03 Å². The van der Waals surface area contributed by atoms with Crippen molar-refractivity contribution in [3.63, 3.8) is 0 Å². The van der Waals surface area contributed by atoms with Gasteiger partial charge in [0.2, 0.25) is 0 Å². The zero-order valence-corrected chi connectivity index (χ0v) is 10.5. The highest BCUT2D eigenvalue weighted by Gasteiger charge is 2.45. The van der Waals surface area contributed by atoms with E-state index in [2.05, 4.69) is 22.8 Å². The van der Waals surface area contributed by atoms with Gasteiger partial charge in [-0.05, 0) is 31.5 Å². The van der Waals surface area contributed by atoms with Crippen LogP contribution in [0.5, 0.6) is 0 Å². The number of benzene rings is 1. The molecule has 3 rings (SSSR count). The molecule has 2 amide bonds. The fourth-order valence-corrected chi connectivity index (χ4v) is 2.99. The molecular formula is C14H19N3O. The van der Waals surface area contributed by atoms with Gasteiger partial charge in [0, 0.05) is 13.1 Å². The third-order valence-corrected chi connectivity index (χ3v) is 4.10. The van der Waals surface area contributed by atoms with E-state index in [0.717, 1.165) is 32.5 Å². The van der Waals surface area contributed by atoms with Gasteiger partial charge in [0.05, 0.1) is 5.54 Å². The van der Waals surface area contributed by atoms with Crippen LogP contribution in [0.1, 0.15) is 18.4 Å². The maximum Gasteiger partial charge on any atom is 0.318 e. The summed E-state index contributed by atoms with van der Waals surface area (Å²) in [6.07, 6.45) is 2.08. The number of urea groups is 1. The van der Waals surface area contributed by atoms with Crippen LogP contribution in [0.15, 0.2) is 30.3 Å².